The number of hydrazone groups is 1. The van der Waals surface area contributed by atoms with Gasteiger partial charge >= 0.3 is 0 Å². The molecule has 0 spiro atoms. The van der Waals surface area contributed by atoms with Crippen molar-refractivity contribution < 1.29 is 9.53 Å². The minimum Gasteiger partial charge on any atom is -0.484 e. The van der Waals surface area contributed by atoms with Crippen LogP contribution in [-0.2, 0) is 11.2 Å². The van der Waals surface area contributed by atoms with Gasteiger partial charge in [-0.15, -0.1) is 0 Å². The standard InChI is InChI=1S/C19H23N3O2/c1-4-15-7-11-18(12-8-15)24-14-19(23)21-20-13-16-5-9-17(10-6-16)22(2)3/h5-13H,4,14H2,1-3H3,(H,21,23). The van der Waals surface area contributed by atoms with Gasteiger partial charge in [0.25, 0.3) is 5.91 Å². The van der Waals surface area contributed by atoms with Crippen LogP contribution in [0.1, 0.15) is 18.1 Å². The largest absolute Gasteiger partial charge is 0.484 e. The Kier molecular flexibility index (Phi) is 6.37. The van der Waals surface area contributed by atoms with E-state index in [0.29, 0.717) is 5.75 Å². The third-order valence-electron chi connectivity index (χ3n) is 3.51. The number of nitrogens with zero attached hydrogens (tertiary/aromatic N) is 2. The summed E-state index contributed by atoms with van der Waals surface area (Å²) in [6, 6.07) is 15.6. The van der Waals surface area contributed by atoms with Crippen molar-refractivity contribution in [3.63, 3.8) is 0 Å². The number of aryl methyl sites for hydroxylation is 1. The lowest BCUT2D eigenvalue weighted by molar-refractivity contribution is -0.123. The molecule has 0 radical (unpaired) electrons. The van der Waals surface area contributed by atoms with Gasteiger partial charge in [-0.1, -0.05) is 31.2 Å². The summed E-state index contributed by atoms with van der Waals surface area (Å²) in [6.07, 6.45) is 2.58. The third kappa shape index (κ3) is 5.43. The molecule has 0 saturated heterocycles. The highest BCUT2D eigenvalue weighted by molar-refractivity contribution is 5.83. The molecule has 126 valence electrons. The van der Waals surface area contributed by atoms with Gasteiger partial charge in [0.1, 0.15) is 5.75 Å². The lowest BCUT2D eigenvalue weighted by Crippen LogP contribution is -2.24. The van der Waals surface area contributed by atoms with E-state index in [4.69, 9.17) is 4.74 Å². The van der Waals surface area contributed by atoms with Gasteiger partial charge in [-0.25, -0.2) is 5.43 Å². The summed E-state index contributed by atoms with van der Waals surface area (Å²) in [6.45, 7) is 2.03. The zero-order valence-electron chi connectivity index (χ0n) is 14.3. The summed E-state index contributed by atoms with van der Waals surface area (Å²) in [7, 11) is 3.97. The highest BCUT2D eigenvalue weighted by atomic mass is 16.5. The molecule has 24 heavy (non-hydrogen) atoms. The Hall–Kier alpha value is -2.82. The van der Waals surface area contributed by atoms with Crippen LogP contribution in [0, 0.1) is 0 Å². The number of benzene rings is 2. The number of nitrogens with one attached hydrogen (secondary N) is 1. The molecule has 1 amide bonds. The zero-order chi connectivity index (χ0) is 17.4. The van der Waals surface area contributed by atoms with Crippen molar-refractivity contribution in [2.75, 3.05) is 25.6 Å². The smallest absolute Gasteiger partial charge is 0.277 e. The van der Waals surface area contributed by atoms with Gasteiger partial charge < -0.3 is 9.64 Å². The first-order chi connectivity index (χ1) is 11.6. The third-order valence-corrected chi connectivity index (χ3v) is 3.51. The van der Waals surface area contributed by atoms with Crippen molar-refractivity contribution in [3.8, 4) is 5.75 Å². The predicted molar refractivity (Wildman–Crippen MR) is 97.8 cm³/mol. The molecule has 0 aliphatic rings. The summed E-state index contributed by atoms with van der Waals surface area (Å²) in [4.78, 5) is 13.7. The van der Waals surface area contributed by atoms with E-state index in [-0.39, 0.29) is 12.5 Å². The molecule has 1 N–H and O–H groups in total. The second-order valence-electron chi connectivity index (χ2n) is 5.57. The van der Waals surface area contributed by atoms with Gasteiger partial charge in [0.2, 0.25) is 0 Å². The van der Waals surface area contributed by atoms with Gasteiger partial charge in [-0.3, -0.25) is 4.79 Å². The zero-order valence-corrected chi connectivity index (χ0v) is 14.3. The molecular weight excluding hydrogens is 302 g/mol. The minimum absolute atomic E-state index is 0.0671. The normalized spacial score (nSPS) is 10.6. The van der Waals surface area contributed by atoms with Crippen LogP contribution in [0.15, 0.2) is 53.6 Å². The van der Waals surface area contributed by atoms with Gasteiger partial charge in [0.15, 0.2) is 6.61 Å². The molecule has 0 aliphatic heterocycles. The van der Waals surface area contributed by atoms with Crippen LogP contribution >= 0.6 is 0 Å². The van der Waals surface area contributed by atoms with Crippen LogP contribution in [0.2, 0.25) is 0 Å². The second kappa shape index (κ2) is 8.72. The van der Waals surface area contributed by atoms with Crippen molar-refractivity contribution in [2.24, 2.45) is 5.10 Å². The predicted octanol–water partition coefficient (Wildman–Crippen LogP) is 2.84. The molecule has 0 atom stereocenters. The fourth-order valence-electron chi connectivity index (χ4n) is 2.04. The first-order valence-electron chi connectivity index (χ1n) is 7.89. The van der Waals surface area contributed by atoms with E-state index >= 15 is 0 Å². The van der Waals surface area contributed by atoms with Crippen LogP contribution in [-0.4, -0.2) is 32.8 Å². The first kappa shape index (κ1) is 17.5. The topological polar surface area (TPSA) is 53.9 Å². The Bertz CT molecular complexity index is 677. The number of ether oxygens (including phenoxy) is 1. The number of hydrogen-bond acceptors (Lipinski definition) is 4. The Labute approximate surface area is 142 Å². The fourth-order valence-corrected chi connectivity index (χ4v) is 2.04. The van der Waals surface area contributed by atoms with Crippen molar-refractivity contribution in [3.05, 3.63) is 59.7 Å². The Morgan fingerprint density at radius 2 is 1.79 bits per heavy atom. The van der Waals surface area contributed by atoms with Crippen LogP contribution in [0.5, 0.6) is 5.75 Å². The van der Waals surface area contributed by atoms with Crippen LogP contribution in [0.3, 0.4) is 0 Å². The number of rotatable bonds is 7. The molecule has 0 bridgehead atoms. The summed E-state index contributed by atoms with van der Waals surface area (Å²) < 4.78 is 5.42. The average Bonchev–Trinajstić information content (AvgIpc) is 2.61. The molecule has 2 aromatic carbocycles. The summed E-state index contributed by atoms with van der Waals surface area (Å²) in [5.74, 6) is 0.376. The molecule has 2 rings (SSSR count). The van der Waals surface area contributed by atoms with Gasteiger partial charge in [-0.2, -0.15) is 5.10 Å². The maximum Gasteiger partial charge on any atom is 0.277 e. The molecule has 0 heterocycles. The maximum absolute atomic E-state index is 11.7. The Morgan fingerprint density at radius 1 is 1.12 bits per heavy atom. The van der Waals surface area contributed by atoms with E-state index < -0.39 is 0 Å². The first-order valence-corrected chi connectivity index (χ1v) is 7.89. The van der Waals surface area contributed by atoms with E-state index in [1.807, 2.05) is 67.5 Å². The lowest BCUT2D eigenvalue weighted by atomic mass is 10.2. The average molecular weight is 325 g/mol. The summed E-state index contributed by atoms with van der Waals surface area (Å²) in [5.41, 5.74) is 5.71. The number of amides is 1. The van der Waals surface area contributed by atoms with Crippen LogP contribution in [0.25, 0.3) is 0 Å². The second-order valence-corrected chi connectivity index (χ2v) is 5.57. The van der Waals surface area contributed by atoms with E-state index in [1.165, 1.54) is 5.56 Å². The van der Waals surface area contributed by atoms with Crippen molar-refractivity contribution in [1.29, 1.82) is 0 Å². The number of carbonyl (C=O) groups excluding carboxylic acids is 1. The monoisotopic (exact) mass is 325 g/mol. The molecule has 0 fully saturated rings. The molecule has 5 nitrogen and oxygen atoms in total. The van der Waals surface area contributed by atoms with Crippen LogP contribution in [0.4, 0.5) is 5.69 Å². The maximum atomic E-state index is 11.7. The van der Waals surface area contributed by atoms with E-state index in [0.717, 1.165) is 17.7 Å². The van der Waals surface area contributed by atoms with E-state index in [9.17, 15) is 4.79 Å². The van der Waals surface area contributed by atoms with Gasteiger partial charge in [0.05, 0.1) is 6.21 Å². The number of hydrogen-bond donors (Lipinski definition) is 1. The number of carbonyl (C=O) groups is 1. The molecule has 0 aliphatic carbocycles. The molecule has 0 unspecified atom stereocenters. The van der Waals surface area contributed by atoms with Gasteiger partial charge in [0, 0.05) is 19.8 Å². The lowest BCUT2D eigenvalue weighted by Gasteiger charge is -2.11. The molecule has 0 saturated carbocycles. The van der Waals surface area contributed by atoms with Crippen molar-refractivity contribution in [1.82, 2.24) is 5.43 Å². The molecule has 0 aromatic heterocycles. The highest BCUT2D eigenvalue weighted by Crippen LogP contribution is 2.12. The molecule has 5 heteroatoms. The SMILES string of the molecule is CCc1ccc(OCC(=O)NN=Cc2ccc(N(C)C)cc2)cc1. The minimum atomic E-state index is -0.296. The summed E-state index contributed by atoms with van der Waals surface area (Å²) >= 11 is 0. The Balaban J connectivity index is 1.77. The van der Waals surface area contributed by atoms with E-state index in [2.05, 4.69) is 17.5 Å². The fraction of sp³-hybridized carbons (Fsp3) is 0.263. The van der Waals surface area contributed by atoms with Crippen molar-refractivity contribution >= 4 is 17.8 Å². The van der Waals surface area contributed by atoms with E-state index in [1.54, 1.807) is 6.21 Å². The number of anilines is 1. The molecule has 2 aromatic rings. The Morgan fingerprint density at radius 3 is 2.38 bits per heavy atom. The van der Waals surface area contributed by atoms with Crippen molar-refractivity contribution in [2.45, 2.75) is 13.3 Å². The van der Waals surface area contributed by atoms with Crippen LogP contribution < -0.4 is 15.1 Å². The molecular formula is C19H23N3O2. The quantitative estimate of drug-likeness (QED) is 0.629. The summed E-state index contributed by atoms with van der Waals surface area (Å²) in [5, 5.41) is 3.94. The highest BCUT2D eigenvalue weighted by Gasteiger charge is 2.01. The van der Waals surface area contributed by atoms with Gasteiger partial charge in [-0.05, 0) is 41.8 Å².